The van der Waals surface area contributed by atoms with Crippen LogP contribution in [0.3, 0.4) is 0 Å². The van der Waals surface area contributed by atoms with E-state index in [2.05, 4.69) is 18.8 Å². The number of amides is 1. The Hall–Kier alpha value is -3.26. The van der Waals surface area contributed by atoms with Crippen LogP contribution in [0.25, 0.3) is 22.2 Å². The number of benzene rings is 2. The summed E-state index contributed by atoms with van der Waals surface area (Å²) in [6, 6.07) is 15.4. The van der Waals surface area contributed by atoms with Gasteiger partial charge in [0.15, 0.2) is 11.6 Å². The fourth-order valence-corrected chi connectivity index (χ4v) is 3.93. The van der Waals surface area contributed by atoms with Crippen LogP contribution < -0.4 is 4.90 Å². The van der Waals surface area contributed by atoms with Crippen LogP contribution in [0, 0.1) is 0 Å². The topological polar surface area (TPSA) is 75.4 Å². The Morgan fingerprint density at radius 2 is 1.86 bits per heavy atom. The van der Waals surface area contributed by atoms with E-state index in [-0.39, 0.29) is 5.91 Å². The molecular formula is C20H17N5O2S. The molecule has 0 unspecified atom stereocenters. The Balaban J connectivity index is 1.38. The Labute approximate surface area is 165 Å². The number of hydrogen-bond acceptors (Lipinski definition) is 7. The Morgan fingerprint density at radius 1 is 1.04 bits per heavy atom. The molecule has 28 heavy (non-hydrogen) atoms. The van der Waals surface area contributed by atoms with Gasteiger partial charge in [-0.1, -0.05) is 35.5 Å². The number of hydrogen-bond donors (Lipinski definition) is 0. The lowest BCUT2D eigenvalue weighted by Crippen LogP contribution is -2.48. The van der Waals surface area contributed by atoms with Gasteiger partial charge in [-0.25, -0.2) is 0 Å². The maximum Gasteiger partial charge on any atom is 0.254 e. The van der Waals surface area contributed by atoms with Crippen molar-refractivity contribution in [2.75, 3.05) is 31.1 Å². The summed E-state index contributed by atoms with van der Waals surface area (Å²) in [5.74, 6) is 1.60. The molecule has 1 saturated heterocycles. The molecule has 140 valence electrons. The monoisotopic (exact) mass is 391 g/mol. The summed E-state index contributed by atoms with van der Waals surface area (Å²) in [4.78, 5) is 17.1. The highest BCUT2D eigenvalue weighted by Crippen LogP contribution is 2.29. The number of rotatable bonds is 3. The molecule has 1 amide bonds. The molecule has 3 heterocycles. The number of fused-ring (bicyclic) bond motifs is 1. The van der Waals surface area contributed by atoms with E-state index in [1.54, 1.807) is 6.20 Å². The van der Waals surface area contributed by atoms with Crippen molar-refractivity contribution in [1.29, 1.82) is 0 Å². The molecule has 0 aliphatic carbocycles. The lowest BCUT2D eigenvalue weighted by Gasteiger charge is -2.34. The summed E-state index contributed by atoms with van der Waals surface area (Å²) in [7, 11) is 0. The SMILES string of the molecule is O=C(c1ccc2noc(-c3ccccc3)c2c1)N1CCN(c2cnsn2)CC1. The number of anilines is 1. The largest absolute Gasteiger partial charge is 0.355 e. The molecule has 8 heteroatoms. The van der Waals surface area contributed by atoms with Gasteiger partial charge in [0, 0.05) is 37.3 Å². The number of carbonyl (C=O) groups excluding carboxylic acids is 1. The van der Waals surface area contributed by atoms with Gasteiger partial charge in [0.2, 0.25) is 0 Å². The van der Waals surface area contributed by atoms with E-state index in [9.17, 15) is 4.79 Å². The van der Waals surface area contributed by atoms with Gasteiger partial charge in [-0.05, 0) is 18.2 Å². The molecule has 7 nitrogen and oxygen atoms in total. The second-order valence-electron chi connectivity index (χ2n) is 6.65. The van der Waals surface area contributed by atoms with Crippen molar-refractivity contribution < 1.29 is 9.32 Å². The molecule has 0 saturated carbocycles. The highest BCUT2D eigenvalue weighted by Gasteiger charge is 2.24. The van der Waals surface area contributed by atoms with E-state index < -0.39 is 0 Å². The maximum atomic E-state index is 13.0. The average molecular weight is 391 g/mol. The molecule has 0 bridgehead atoms. The zero-order valence-corrected chi connectivity index (χ0v) is 15.8. The van der Waals surface area contributed by atoms with Crippen molar-refractivity contribution >= 4 is 34.4 Å². The van der Waals surface area contributed by atoms with Gasteiger partial charge in [-0.15, -0.1) is 0 Å². The minimum atomic E-state index is 0.0261. The molecule has 0 spiro atoms. The van der Waals surface area contributed by atoms with Gasteiger partial charge >= 0.3 is 0 Å². The quantitative estimate of drug-likeness (QED) is 0.533. The molecule has 4 aromatic rings. The van der Waals surface area contributed by atoms with Crippen LogP contribution in [0.2, 0.25) is 0 Å². The van der Waals surface area contributed by atoms with Crippen LogP contribution in [0.5, 0.6) is 0 Å². The lowest BCUT2D eigenvalue weighted by atomic mass is 10.1. The predicted molar refractivity (Wildman–Crippen MR) is 107 cm³/mol. The van der Waals surface area contributed by atoms with Crippen LogP contribution in [-0.4, -0.2) is 50.9 Å². The summed E-state index contributed by atoms with van der Waals surface area (Å²) >= 11 is 1.20. The average Bonchev–Trinajstić information content (AvgIpc) is 3.44. The molecule has 1 fully saturated rings. The molecule has 0 radical (unpaired) electrons. The van der Waals surface area contributed by atoms with E-state index in [1.165, 1.54) is 11.7 Å². The van der Waals surface area contributed by atoms with Crippen molar-refractivity contribution in [2.24, 2.45) is 0 Å². The third kappa shape index (κ3) is 3.01. The normalized spacial score (nSPS) is 14.6. The van der Waals surface area contributed by atoms with Gasteiger partial charge in [0.1, 0.15) is 5.52 Å². The fourth-order valence-electron chi connectivity index (χ4n) is 3.49. The van der Waals surface area contributed by atoms with Crippen LogP contribution >= 0.6 is 11.7 Å². The van der Waals surface area contributed by atoms with Gasteiger partial charge in [-0.2, -0.15) is 8.75 Å². The van der Waals surface area contributed by atoms with Crippen molar-refractivity contribution in [1.82, 2.24) is 18.8 Å². The first kappa shape index (κ1) is 16.9. The number of nitrogens with zero attached hydrogens (tertiary/aromatic N) is 5. The molecule has 2 aromatic heterocycles. The summed E-state index contributed by atoms with van der Waals surface area (Å²) in [5.41, 5.74) is 2.34. The van der Waals surface area contributed by atoms with Crippen molar-refractivity contribution in [3.63, 3.8) is 0 Å². The second kappa shape index (κ2) is 7.05. The van der Waals surface area contributed by atoms with Crippen LogP contribution in [0.1, 0.15) is 10.4 Å². The zero-order chi connectivity index (χ0) is 18.9. The smallest absolute Gasteiger partial charge is 0.254 e. The van der Waals surface area contributed by atoms with Crippen molar-refractivity contribution in [2.45, 2.75) is 0 Å². The summed E-state index contributed by atoms with van der Waals surface area (Å²) in [5, 5.41) is 4.98. The molecule has 5 rings (SSSR count). The van der Waals surface area contributed by atoms with Crippen molar-refractivity contribution in [3.05, 3.63) is 60.3 Å². The van der Waals surface area contributed by atoms with E-state index in [0.717, 1.165) is 35.4 Å². The highest BCUT2D eigenvalue weighted by atomic mass is 32.1. The molecular weight excluding hydrogens is 374 g/mol. The summed E-state index contributed by atoms with van der Waals surface area (Å²) in [6.07, 6.45) is 1.77. The first-order valence-corrected chi connectivity index (χ1v) is 9.79. The third-order valence-corrected chi connectivity index (χ3v) is 5.47. The van der Waals surface area contributed by atoms with Crippen molar-refractivity contribution in [3.8, 4) is 11.3 Å². The summed E-state index contributed by atoms with van der Waals surface area (Å²) < 4.78 is 13.9. The van der Waals surface area contributed by atoms with E-state index in [0.29, 0.717) is 24.4 Å². The maximum absolute atomic E-state index is 13.0. The van der Waals surface area contributed by atoms with Gasteiger partial charge in [0.25, 0.3) is 5.91 Å². The molecule has 0 atom stereocenters. The zero-order valence-electron chi connectivity index (χ0n) is 15.0. The minimum Gasteiger partial charge on any atom is -0.355 e. The molecule has 1 aliphatic rings. The first-order chi connectivity index (χ1) is 13.8. The highest BCUT2D eigenvalue weighted by molar-refractivity contribution is 6.99. The lowest BCUT2D eigenvalue weighted by molar-refractivity contribution is 0.0746. The van der Waals surface area contributed by atoms with Gasteiger partial charge in [-0.3, -0.25) is 4.79 Å². The third-order valence-electron chi connectivity index (χ3n) is 5.00. The number of piperazine rings is 1. The number of carbonyl (C=O) groups is 1. The van der Waals surface area contributed by atoms with Crippen LogP contribution in [0.15, 0.2) is 59.3 Å². The minimum absolute atomic E-state index is 0.0261. The van der Waals surface area contributed by atoms with Gasteiger partial charge in [0.05, 0.1) is 23.3 Å². The van der Waals surface area contributed by atoms with E-state index >= 15 is 0 Å². The molecule has 1 aliphatic heterocycles. The Bertz CT molecular complexity index is 1100. The Kier molecular flexibility index (Phi) is 4.25. The second-order valence-corrected chi connectivity index (χ2v) is 7.21. The van der Waals surface area contributed by atoms with E-state index in [1.807, 2.05) is 53.4 Å². The molecule has 2 aromatic carbocycles. The summed E-state index contributed by atoms with van der Waals surface area (Å²) in [6.45, 7) is 2.82. The fraction of sp³-hybridized carbons (Fsp3) is 0.200. The molecule has 0 N–H and O–H groups in total. The standard InChI is InChI=1S/C20H17N5O2S/c26-20(25-10-8-24(9-11-25)18-13-21-28-23-18)15-6-7-17-16(12-15)19(27-22-17)14-4-2-1-3-5-14/h1-7,12-13H,8-11H2. The van der Waals surface area contributed by atoms with Gasteiger partial charge < -0.3 is 14.3 Å². The van der Waals surface area contributed by atoms with Crippen LogP contribution in [-0.2, 0) is 0 Å². The predicted octanol–water partition coefficient (Wildman–Crippen LogP) is 3.31. The number of aromatic nitrogens is 3. The van der Waals surface area contributed by atoms with Crippen LogP contribution in [0.4, 0.5) is 5.82 Å². The first-order valence-electron chi connectivity index (χ1n) is 9.06. The Morgan fingerprint density at radius 3 is 2.61 bits per heavy atom. The van der Waals surface area contributed by atoms with E-state index in [4.69, 9.17) is 4.52 Å².